The molecule has 0 unspecified atom stereocenters. The molecule has 0 aliphatic heterocycles. The first-order valence-corrected chi connectivity index (χ1v) is 4.88. The number of aromatic nitrogens is 1. The summed E-state index contributed by atoms with van der Waals surface area (Å²) in [6.45, 7) is 1.67. The van der Waals surface area contributed by atoms with Crippen LogP contribution in [-0.4, -0.2) is 25.2 Å². The molecule has 0 aromatic carbocycles. The summed E-state index contributed by atoms with van der Waals surface area (Å²) in [6, 6.07) is 0. The smallest absolute Gasteiger partial charge is 0.310 e. The highest BCUT2D eigenvalue weighted by atomic mass is 19.3. The highest BCUT2D eigenvalue weighted by Crippen LogP contribution is 2.32. The number of carbonyl (C=O) groups excluding carboxylic acids is 1. The zero-order valence-corrected chi connectivity index (χ0v) is 9.79. The summed E-state index contributed by atoms with van der Waals surface area (Å²) >= 11 is 0. The Morgan fingerprint density at radius 1 is 1.47 bits per heavy atom. The van der Waals surface area contributed by atoms with Gasteiger partial charge in [0.25, 0.3) is 6.43 Å². The second-order valence-corrected chi connectivity index (χ2v) is 3.39. The first-order valence-electron chi connectivity index (χ1n) is 4.88. The molecule has 0 saturated heterocycles. The highest BCUT2D eigenvalue weighted by molar-refractivity contribution is 5.74. The van der Waals surface area contributed by atoms with E-state index in [0.29, 0.717) is 11.1 Å². The van der Waals surface area contributed by atoms with E-state index in [0.717, 1.165) is 0 Å². The van der Waals surface area contributed by atoms with E-state index in [1.54, 1.807) is 6.92 Å². The Kier molecular flexibility index (Phi) is 4.37. The molecular weight excluding hydrogens is 232 g/mol. The van der Waals surface area contributed by atoms with Gasteiger partial charge in [0, 0.05) is 11.8 Å². The Hall–Kier alpha value is -1.72. The normalized spacial score (nSPS) is 10.5. The van der Waals surface area contributed by atoms with Crippen LogP contribution in [0.15, 0.2) is 6.20 Å². The summed E-state index contributed by atoms with van der Waals surface area (Å²) in [4.78, 5) is 14.8. The molecule has 4 nitrogen and oxygen atoms in total. The van der Waals surface area contributed by atoms with Crippen molar-refractivity contribution in [2.45, 2.75) is 19.8 Å². The topological polar surface area (TPSA) is 48.4 Å². The van der Waals surface area contributed by atoms with Crippen LogP contribution in [-0.2, 0) is 16.0 Å². The van der Waals surface area contributed by atoms with Crippen molar-refractivity contribution in [1.82, 2.24) is 4.98 Å². The Morgan fingerprint density at radius 2 is 2.12 bits per heavy atom. The first kappa shape index (κ1) is 13.3. The third-order valence-corrected chi connectivity index (χ3v) is 2.34. The Labute approximate surface area is 97.6 Å². The molecule has 0 aliphatic rings. The van der Waals surface area contributed by atoms with Crippen LogP contribution >= 0.6 is 0 Å². The fourth-order valence-electron chi connectivity index (χ4n) is 1.46. The van der Waals surface area contributed by atoms with Crippen LogP contribution in [0.4, 0.5) is 8.78 Å². The molecule has 0 saturated carbocycles. The van der Waals surface area contributed by atoms with Crippen molar-refractivity contribution in [2.24, 2.45) is 0 Å². The minimum atomic E-state index is -2.75. The third-order valence-electron chi connectivity index (χ3n) is 2.34. The van der Waals surface area contributed by atoms with Gasteiger partial charge < -0.3 is 9.47 Å². The van der Waals surface area contributed by atoms with Crippen molar-refractivity contribution in [3.63, 3.8) is 0 Å². The fraction of sp³-hybridized carbons (Fsp3) is 0.455. The van der Waals surface area contributed by atoms with Gasteiger partial charge in [0.05, 0.1) is 20.6 Å². The summed E-state index contributed by atoms with van der Waals surface area (Å²) < 4.78 is 34.8. The molecule has 17 heavy (non-hydrogen) atoms. The van der Waals surface area contributed by atoms with Crippen molar-refractivity contribution in [1.29, 1.82) is 0 Å². The molecule has 0 spiro atoms. The van der Waals surface area contributed by atoms with E-state index in [-0.39, 0.29) is 12.2 Å². The van der Waals surface area contributed by atoms with Gasteiger partial charge in [0.1, 0.15) is 11.4 Å². The number of halogens is 2. The van der Waals surface area contributed by atoms with Crippen LogP contribution in [0.5, 0.6) is 5.75 Å². The lowest BCUT2D eigenvalue weighted by Gasteiger charge is -2.13. The summed E-state index contributed by atoms with van der Waals surface area (Å²) in [5.41, 5.74) is 0.526. The molecule has 0 amide bonds. The first-order chi connectivity index (χ1) is 8.01. The van der Waals surface area contributed by atoms with Crippen LogP contribution in [0.2, 0.25) is 0 Å². The maximum Gasteiger partial charge on any atom is 0.310 e. The molecule has 1 rings (SSSR count). The standard InChI is InChI=1S/C11H13F2NO3/c1-6-5-14-9(11(12)13)10(17-3)7(6)4-8(15)16-2/h5,11H,4H2,1-3H3. The van der Waals surface area contributed by atoms with Crippen molar-refractivity contribution in [2.75, 3.05) is 14.2 Å². The van der Waals surface area contributed by atoms with Crippen molar-refractivity contribution in [3.8, 4) is 5.75 Å². The van der Waals surface area contributed by atoms with Crippen molar-refractivity contribution in [3.05, 3.63) is 23.0 Å². The van der Waals surface area contributed by atoms with Crippen LogP contribution in [0, 0.1) is 6.92 Å². The number of alkyl halides is 2. The van der Waals surface area contributed by atoms with E-state index >= 15 is 0 Å². The van der Waals surface area contributed by atoms with Gasteiger partial charge in [-0.25, -0.2) is 8.78 Å². The van der Waals surface area contributed by atoms with Crippen LogP contribution < -0.4 is 4.74 Å². The number of ether oxygens (including phenoxy) is 2. The average molecular weight is 245 g/mol. The van der Waals surface area contributed by atoms with E-state index in [4.69, 9.17) is 4.74 Å². The molecule has 1 aromatic heterocycles. The Morgan fingerprint density at radius 3 is 2.59 bits per heavy atom. The fourth-order valence-corrected chi connectivity index (χ4v) is 1.46. The maximum atomic E-state index is 12.7. The number of hydrogen-bond acceptors (Lipinski definition) is 4. The van der Waals surface area contributed by atoms with Gasteiger partial charge in [-0.2, -0.15) is 0 Å². The minimum absolute atomic E-state index is 0.0506. The van der Waals surface area contributed by atoms with Gasteiger partial charge in [-0.3, -0.25) is 9.78 Å². The van der Waals surface area contributed by atoms with E-state index in [1.807, 2.05) is 0 Å². The largest absolute Gasteiger partial charge is 0.494 e. The number of aryl methyl sites for hydroxylation is 1. The quantitative estimate of drug-likeness (QED) is 0.762. The lowest BCUT2D eigenvalue weighted by Crippen LogP contribution is -2.10. The summed E-state index contributed by atoms with van der Waals surface area (Å²) in [7, 11) is 2.50. The van der Waals surface area contributed by atoms with Crippen molar-refractivity contribution < 1.29 is 23.0 Å². The summed E-state index contributed by atoms with van der Waals surface area (Å²) in [5, 5.41) is 0. The number of pyridine rings is 1. The number of methoxy groups -OCH3 is 2. The lowest BCUT2D eigenvalue weighted by molar-refractivity contribution is -0.139. The molecule has 0 N–H and O–H groups in total. The molecule has 0 radical (unpaired) electrons. The zero-order chi connectivity index (χ0) is 13.0. The van der Waals surface area contributed by atoms with Gasteiger partial charge in [-0.05, 0) is 12.5 Å². The molecule has 0 fully saturated rings. The second kappa shape index (κ2) is 5.56. The Bertz CT molecular complexity index is 421. The molecule has 0 aliphatic carbocycles. The monoisotopic (exact) mass is 245 g/mol. The van der Waals surface area contributed by atoms with E-state index in [1.165, 1.54) is 20.4 Å². The second-order valence-electron chi connectivity index (χ2n) is 3.39. The third kappa shape index (κ3) is 2.89. The molecule has 0 bridgehead atoms. The molecule has 1 heterocycles. The van der Waals surface area contributed by atoms with Crippen LogP contribution in [0.3, 0.4) is 0 Å². The van der Waals surface area contributed by atoms with Gasteiger partial charge in [-0.15, -0.1) is 0 Å². The average Bonchev–Trinajstić information content (AvgIpc) is 2.30. The molecule has 94 valence electrons. The van der Waals surface area contributed by atoms with E-state index in [2.05, 4.69) is 9.72 Å². The molecular formula is C11H13F2NO3. The predicted molar refractivity (Wildman–Crippen MR) is 56.2 cm³/mol. The number of hydrogen-bond donors (Lipinski definition) is 0. The number of nitrogens with zero attached hydrogens (tertiary/aromatic N) is 1. The van der Waals surface area contributed by atoms with Gasteiger partial charge in [0.2, 0.25) is 0 Å². The molecule has 1 aromatic rings. The van der Waals surface area contributed by atoms with E-state index < -0.39 is 18.1 Å². The van der Waals surface area contributed by atoms with Gasteiger partial charge >= 0.3 is 5.97 Å². The number of carbonyl (C=O) groups is 1. The molecule has 0 atom stereocenters. The lowest BCUT2D eigenvalue weighted by atomic mass is 10.1. The van der Waals surface area contributed by atoms with Crippen LogP contribution in [0.1, 0.15) is 23.2 Å². The van der Waals surface area contributed by atoms with Crippen molar-refractivity contribution >= 4 is 5.97 Å². The minimum Gasteiger partial charge on any atom is -0.494 e. The van der Waals surface area contributed by atoms with Crippen LogP contribution in [0.25, 0.3) is 0 Å². The number of esters is 1. The highest BCUT2D eigenvalue weighted by Gasteiger charge is 2.22. The van der Waals surface area contributed by atoms with E-state index in [9.17, 15) is 13.6 Å². The number of rotatable bonds is 4. The SMILES string of the molecule is COC(=O)Cc1c(C)cnc(C(F)F)c1OC. The predicted octanol–water partition coefficient (Wildman–Crippen LogP) is 2.05. The molecule has 6 heteroatoms. The maximum absolute atomic E-state index is 12.7. The zero-order valence-electron chi connectivity index (χ0n) is 9.79. The van der Waals surface area contributed by atoms with Gasteiger partial charge in [0.15, 0.2) is 0 Å². The Balaban J connectivity index is 3.25. The summed E-state index contributed by atoms with van der Waals surface area (Å²) in [6.07, 6.45) is -1.57. The summed E-state index contributed by atoms with van der Waals surface area (Å²) in [5.74, 6) is -0.566. The van der Waals surface area contributed by atoms with Gasteiger partial charge in [-0.1, -0.05) is 0 Å².